The van der Waals surface area contributed by atoms with Crippen molar-refractivity contribution in [2.75, 3.05) is 9.80 Å². The second-order valence-electron chi connectivity index (χ2n) is 13.6. The lowest BCUT2D eigenvalue weighted by atomic mass is 9.33. The number of hydrogen-bond acceptors (Lipinski definition) is 3. The van der Waals surface area contributed by atoms with E-state index < -0.39 is 6.36 Å². The number of aryl methyl sites for hydroxylation is 4. The number of hydrogen-bond donors (Lipinski definition) is 0. The molecule has 2 aliphatic heterocycles. The number of para-hydroxylation sites is 2. The molecule has 50 heavy (non-hydrogen) atoms. The highest BCUT2D eigenvalue weighted by Crippen LogP contribution is 2.50. The third-order valence-corrected chi connectivity index (χ3v) is 10.3. The third kappa shape index (κ3) is 4.60. The lowest BCUT2D eigenvalue weighted by Gasteiger charge is -2.45. The predicted molar refractivity (Wildman–Crippen MR) is 201 cm³/mol. The normalized spacial score (nSPS) is 13.4. The Morgan fingerprint density at radius 1 is 0.520 bits per heavy atom. The second kappa shape index (κ2) is 10.9. The predicted octanol–water partition coefficient (Wildman–Crippen LogP) is 10.2. The van der Waals surface area contributed by atoms with Crippen molar-refractivity contribution in [3.8, 4) is 5.75 Å². The van der Waals surface area contributed by atoms with Crippen LogP contribution in [-0.2, 0) is 0 Å². The Hall–Kier alpha value is -5.69. The first-order chi connectivity index (χ1) is 24.1. The molecule has 0 fully saturated rings. The zero-order chi connectivity index (χ0) is 34.5. The molecule has 0 saturated carbocycles. The van der Waals surface area contributed by atoms with Crippen molar-refractivity contribution < 1.29 is 17.9 Å². The largest absolute Gasteiger partial charge is 0.573 e. The zero-order valence-electron chi connectivity index (χ0n) is 28.1. The van der Waals surface area contributed by atoms with E-state index in [1.807, 2.05) is 62.4 Å². The number of benzene rings is 7. The molecule has 0 amide bonds. The molecule has 0 aliphatic carbocycles. The summed E-state index contributed by atoms with van der Waals surface area (Å²) in [5.74, 6) is -0.262. The highest BCUT2D eigenvalue weighted by Gasteiger charge is 2.46. The van der Waals surface area contributed by atoms with Gasteiger partial charge in [0.2, 0.25) is 0 Å². The fraction of sp³-hybridized carbons (Fsp3) is 0.116. The summed E-state index contributed by atoms with van der Waals surface area (Å²) in [6.07, 6.45) is -4.88. The summed E-state index contributed by atoms with van der Waals surface area (Å²) in [5.41, 5.74) is 12.4. The van der Waals surface area contributed by atoms with Crippen molar-refractivity contribution in [2.24, 2.45) is 0 Å². The first kappa shape index (κ1) is 30.4. The topological polar surface area (TPSA) is 15.7 Å². The first-order valence-corrected chi connectivity index (χ1v) is 16.8. The fourth-order valence-corrected chi connectivity index (χ4v) is 8.14. The van der Waals surface area contributed by atoms with Gasteiger partial charge in [0.15, 0.2) is 0 Å². The summed E-state index contributed by atoms with van der Waals surface area (Å²) in [7, 11) is 0. The van der Waals surface area contributed by atoms with Gasteiger partial charge in [0.25, 0.3) is 6.71 Å². The number of ether oxygens (including phenoxy) is 1. The van der Waals surface area contributed by atoms with Crippen LogP contribution >= 0.6 is 0 Å². The number of rotatable bonds is 3. The van der Waals surface area contributed by atoms with E-state index in [9.17, 15) is 13.2 Å². The summed E-state index contributed by atoms with van der Waals surface area (Å²) in [6, 6.07) is 40.9. The van der Waals surface area contributed by atoms with Crippen molar-refractivity contribution in [3.63, 3.8) is 0 Å². The van der Waals surface area contributed by atoms with Gasteiger partial charge in [0.1, 0.15) is 5.75 Å². The average molecular weight is 661 g/mol. The Morgan fingerprint density at radius 2 is 0.960 bits per heavy atom. The van der Waals surface area contributed by atoms with Crippen LogP contribution in [0.25, 0.3) is 21.5 Å². The highest BCUT2D eigenvalue weighted by molar-refractivity contribution is 7.00. The lowest BCUT2D eigenvalue weighted by molar-refractivity contribution is -0.274. The highest BCUT2D eigenvalue weighted by atomic mass is 19.4. The van der Waals surface area contributed by atoms with E-state index in [1.54, 1.807) is 12.1 Å². The molecule has 0 bridgehead atoms. The summed E-state index contributed by atoms with van der Waals surface area (Å²) < 4.78 is 47.4. The Morgan fingerprint density at radius 3 is 1.40 bits per heavy atom. The molecule has 0 N–H and O–H groups in total. The number of alkyl halides is 3. The van der Waals surface area contributed by atoms with E-state index in [-0.39, 0.29) is 12.5 Å². The Kier molecular flexibility index (Phi) is 6.63. The standard InChI is InChI=1S/C43H32BF3N2O/c1-25-13-15-29-17-19-34-41(32(29)21-25)48(36-11-7-5-9-27(36)3)38-23-31(50-43(45,46)47)24-39-40(38)44(34)35-20-18-30-16-14-26(2)22-33(30)42(35)49(39)37-12-8-6-10-28(37)4/h5-24H,1-4H3. The van der Waals surface area contributed by atoms with E-state index in [0.29, 0.717) is 11.4 Å². The zero-order valence-corrected chi connectivity index (χ0v) is 28.1. The molecule has 0 unspecified atom stereocenters. The van der Waals surface area contributed by atoms with E-state index in [0.717, 1.165) is 82.9 Å². The van der Waals surface area contributed by atoms with Crippen LogP contribution in [0.2, 0.25) is 0 Å². The number of halogens is 3. The van der Waals surface area contributed by atoms with Gasteiger partial charge in [-0.2, -0.15) is 0 Å². The molecule has 0 spiro atoms. The maximum atomic E-state index is 14.2. The minimum atomic E-state index is -4.88. The molecule has 0 atom stereocenters. The second-order valence-corrected chi connectivity index (χ2v) is 13.6. The molecule has 2 aliphatic rings. The van der Waals surface area contributed by atoms with Gasteiger partial charge in [-0.25, -0.2) is 0 Å². The van der Waals surface area contributed by atoms with Crippen molar-refractivity contribution in [1.82, 2.24) is 0 Å². The van der Waals surface area contributed by atoms with Gasteiger partial charge in [0.05, 0.1) is 0 Å². The van der Waals surface area contributed by atoms with E-state index in [1.165, 1.54) is 0 Å². The van der Waals surface area contributed by atoms with E-state index >= 15 is 0 Å². The number of anilines is 6. The minimum absolute atomic E-state index is 0.262. The van der Waals surface area contributed by atoms with Crippen LogP contribution in [0, 0.1) is 27.7 Å². The monoisotopic (exact) mass is 660 g/mol. The van der Waals surface area contributed by atoms with Crippen LogP contribution < -0.4 is 30.9 Å². The maximum absolute atomic E-state index is 14.2. The number of fused-ring (bicyclic) bond motifs is 8. The molecule has 9 rings (SSSR count). The number of nitrogens with zero attached hydrogens (tertiary/aromatic N) is 2. The first-order valence-electron chi connectivity index (χ1n) is 16.8. The van der Waals surface area contributed by atoms with Crippen molar-refractivity contribution in [3.05, 3.63) is 144 Å². The van der Waals surface area contributed by atoms with Gasteiger partial charge >= 0.3 is 6.36 Å². The smallest absolute Gasteiger partial charge is 0.406 e. The van der Waals surface area contributed by atoms with E-state index in [2.05, 4.69) is 84.3 Å². The fourth-order valence-electron chi connectivity index (χ4n) is 8.14. The Balaban J connectivity index is 1.50. The van der Waals surface area contributed by atoms with Gasteiger partial charge < -0.3 is 14.5 Å². The Bertz CT molecular complexity index is 2380. The quantitative estimate of drug-likeness (QED) is 0.176. The SMILES string of the molecule is Cc1ccc2ccc3c(c2c1)N(c1ccccc1C)c1cc(OC(F)(F)F)cc2c1B3c1ccc3ccc(C)cc3c1N2c1ccccc1C. The molecule has 244 valence electrons. The summed E-state index contributed by atoms with van der Waals surface area (Å²) in [6.45, 7) is 7.98. The van der Waals surface area contributed by atoms with Gasteiger partial charge in [-0.15, -0.1) is 13.2 Å². The molecule has 0 saturated heterocycles. The van der Waals surface area contributed by atoms with Gasteiger partial charge in [0, 0.05) is 57.0 Å². The molecule has 7 aromatic rings. The summed E-state index contributed by atoms with van der Waals surface area (Å²) in [5, 5.41) is 4.20. The van der Waals surface area contributed by atoms with E-state index in [4.69, 9.17) is 4.74 Å². The molecule has 7 aromatic carbocycles. The van der Waals surface area contributed by atoms with Gasteiger partial charge in [-0.3, -0.25) is 0 Å². The molecular weight excluding hydrogens is 628 g/mol. The van der Waals surface area contributed by atoms with Gasteiger partial charge in [-0.1, -0.05) is 96.1 Å². The Labute approximate surface area is 289 Å². The molecule has 7 heteroatoms. The molecule has 0 aromatic heterocycles. The van der Waals surface area contributed by atoms with Crippen LogP contribution in [0.5, 0.6) is 5.75 Å². The van der Waals surface area contributed by atoms with Gasteiger partial charge in [-0.05, 0) is 90.2 Å². The minimum Gasteiger partial charge on any atom is -0.406 e. The van der Waals surface area contributed by atoms with Crippen molar-refractivity contribution in [2.45, 2.75) is 34.1 Å². The maximum Gasteiger partial charge on any atom is 0.573 e. The lowest BCUT2D eigenvalue weighted by Crippen LogP contribution is -2.61. The third-order valence-electron chi connectivity index (χ3n) is 10.3. The molecule has 3 nitrogen and oxygen atoms in total. The molecular formula is C43H32BF3N2O. The van der Waals surface area contributed by atoms with Crippen molar-refractivity contribution >= 4 is 78.8 Å². The van der Waals surface area contributed by atoms with Crippen LogP contribution in [-0.4, -0.2) is 13.1 Å². The van der Waals surface area contributed by atoms with Crippen LogP contribution in [0.15, 0.2) is 121 Å². The molecule has 0 radical (unpaired) electrons. The summed E-state index contributed by atoms with van der Waals surface area (Å²) in [4.78, 5) is 4.33. The summed E-state index contributed by atoms with van der Waals surface area (Å²) >= 11 is 0. The van der Waals surface area contributed by atoms with Crippen LogP contribution in [0.3, 0.4) is 0 Å². The van der Waals surface area contributed by atoms with Crippen LogP contribution in [0.4, 0.5) is 47.3 Å². The molecule has 2 heterocycles. The van der Waals surface area contributed by atoms with Crippen LogP contribution in [0.1, 0.15) is 22.3 Å². The van der Waals surface area contributed by atoms with Crippen molar-refractivity contribution in [1.29, 1.82) is 0 Å². The average Bonchev–Trinajstić information content (AvgIpc) is 3.08.